The van der Waals surface area contributed by atoms with Crippen LogP contribution in [0, 0.1) is 17.8 Å². The van der Waals surface area contributed by atoms with Crippen molar-refractivity contribution < 1.29 is 114 Å². The molecule has 0 aliphatic rings. The second-order valence-corrected chi connectivity index (χ2v) is 20.6. The summed E-state index contributed by atoms with van der Waals surface area (Å²) in [6.07, 6.45) is -7.26. The van der Waals surface area contributed by atoms with Crippen molar-refractivity contribution in [2.24, 2.45) is 35.0 Å². The average molecular weight is 1290 g/mol. The van der Waals surface area contributed by atoms with Crippen LogP contribution in [0.4, 0.5) is 26.3 Å². The molecule has 11 amide bonds. The monoisotopic (exact) mass is 1290 g/mol. The fraction of sp³-hybridized carbons (Fsp3) is 0.714. The van der Waals surface area contributed by atoms with Gasteiger partial charge in [-0.15, -0.1) is 0 Å². The number of halogens is 6. The van der Waals surface area contributed by atoms with Crippen molar-refractivity contribution in [3.63, 3.8) is 0 Å². The van der Waals surface area contributed by atoms with Crippen LogP contribution in [0.5, 0.6) is 0 Å². The zero-order valence-electron chi connectivity index (χ0n) is 49.2. The molecule has 0 saturated heterocycles. The van der Waals surface area contributed by atoms with Gasteiger partial charge in [-0.1, -0.05) is 54.4 Å². The van der Waals surface area contributed by atoms with E-state index in [1.165, 1.54) is 18.7 Å². The highest BCUT2D eigenvalue weighted by atomic mass is 32.2. The number of thioether (sulfide) groups is 1. The number of nitrogens with one attached hydrogen (secondary N) is 10. The van der Waals surface area contributed by atoms with Crippen LogP contribution in [0.2, 0.25) is 0 Å². The second kappa shape index (κ2) is 43.1. The van der Waals surface area contributed by atoms with E-state index in [1.807, 2.05) is 13.8 Å². The molecule has 0 radical (unpaired) electrons. The Morgan fingerprint density at radius 1 is 0.506 bits per heavy atom. The number of amides is 11. The zero-order chi connectivity index (χ0) is 68.1. The normalized spacial score (nSPS) is 14.5. The highest BCUT2D eigenvalue weighted by Gasteiger charge is 2.40. The smallest absolute Gasteiger partial charge is 0.480 e. The Morgan fingerprint density at radius 2 is 0.931 bits per heavy atom. The van der Waals surface area contributed by atoms with Gasteiger partial charge in [0.05, 0.1) is 32.7 Å². The standard InChI is InChI=1S/C45H81N13O14S.2C2HF3O2/c1-9-24(5)36(43(69)50-21-35(63)52-29(17-23(3)4)40(66)55-28(45(71)72)14-16-73-8)58-44(70)37(25(6)10-2)57-38(64)26(7)51-34(62)20-49-39(65)27(13-11-12-15-46)54-41(67)30(18-32(48)60)56-42(68)31(22-59)53-33(61)19-47;2*3-2(4,5)1(6)7/h23-31,36-37,59H,9-22,46-47H2,1-8H3,(H2,48,60)(H,49,65)(H,50,69)(H,51,62)(H,52,63)(H,53,61)(H,54,67)(H,55,66)(H,56,68)(H,57,64)(H,58,70)(H,71,72);2*(H,6,7)/t24-,25-,26-,27-,28-,29-,30-,31-,36-,37-;;/m0../s1. The summed E-state index contributed by atoms with van der Waals surface area (Å²) in [6.45, 7) is 9.39. The van der Waals surface area contributed by atoms with E-state index in [0.717, 1.165) is 0 Å². The maximum atomic E-state index is 13.9. The van der Waals surface area contributed by atoms with Gasteiger partial charge < -0.3 is 90.8 Å². The lowest BCUT2D eigenvalue weighted by atomic mass is 9.94. The van der Waals surface area contributed by atoms with Gasteiger partial charge in [-0.2, -0.15) is 38.1 Å². The lowest BCUT2D eigenvalue weighted by Gasteiger charge is -2.29. The number of alkyl halides is 6. The Kier molecular flexibility index (Phi) is 41.4. The molecule has 87 heavy (non-hydrogen) atoms. The Bertz CT molecular complexity index is 2280. The third-order valence-corrected chi connectivity index (χ3v) is 12.6. The molecular formula is C49H83F6N13O18S. The number of carboxylic acid groups (broad SMARTS) is 3. The minimum absolute atomic E-state index is 0.0120. The van der Waals surface area contributed by atoms with Crippen LogP contribution in [-0.4, -0.2) is 209 Å². The third-order valence-electron chi connectivity index (χ3n) is 11.9. The zero-order valence-corrected chi connectivity index (χ0v) is 50.0. The quantitative estimate of drug-likeness (QED) is 0.0210. The second-order valence-electron chi connectivity index (χ2n) is 19.6. The van der Waals surface area contributed by atoms with Crippen molar-refractivity contribution in [2.45, 2.75) is 161 Å². The Hall–Kier alpha value is -7.61. The van der Waals surface area contributed by atoms with E-state index in [-0.39, 0.29) is 31.7 Å². The molecule has 0 unspecified atom stereocenters. The molecule has 500 valence electrons. The van der Waals surface area contributed by atoms with E-state index in [0.29, 0.717) is 31.4 Å². The van der Waals surface area contributed by atoms with Crippen LogP contribution in [0.3, 0.4) is 0 Å². The van der Waals surface area contributed by atoms with Gasteiger partial charge in [-0.3, -0.25) is 52.7 Å². The highest BCUT2D eigenvalue weighted by molar-refractivity contribution is 7.98. The van der Waals surface area contributed by atoms with Gasteiger partial charge >= 0.3 is 30.3 Å². The number of aliphatic hydroxyl groups is 1. The third kappa shape index (κ3) is 36.9. The molecule has 0 aromatic rings. The number of aliphatic hydroxyl groups excluding tert-OH is 1. The van der Waals surface area contributed by atoms with Crippen molar-refractivity contribution >= 4 is 94.6 Å². The van der Waals surface area contributed by atoms with E-state index < -0.39 is 188 Å². The van der Waals surface area contributed by atoms with E-state index >= 15 is 0 Å². The predicted octanol–water partition coefficient (Wildman–Crippen LogP) is -3.68. The number of unbranched alkanes of at least 4 members (excludes halogenated alkanes) is 1. The lowest BCUT2D eigenvalue weighted by molar-refractivity contribution is -0.193. The van der Waals surface area contributed by atoms with Crippen LogP contribution < -0.4 is 70.4 Å². The number of rotatable bonds is 37. The molecule has 0 aromatic carbocycles. The highest BCUT2D eigenvalue weighted by Crippen LogP contribution is 2.15. The minimum atomic E-state index is -5.08. The molecule has 20 N–H and O–H groups in total. The number of aliphatic carboxylic acids is 3. The molecule has 0 aliphatic heterocycles. The molecule has 0 saturated carbocycles. The number of carbonyl (C=O) groups is 14. The molecule has 31 nitrogen and oxygen atoms in total. The Balaban J connectivity index is -0.00000445. The van der Waals surface area contributed by atoms with Crippen molar-refractivity contribution in [2.75, 3.05) is 44.8 Å². The number of carbonyl (C=O) groups excluding carboxylic acids is 11. The summed E-state index contributed by atoms with van der Waals surface area (Å²) in [4.78, 5) is 173. The average Bonchev–Trinajstić information content (AvgIpc) is 3.44. The van der Waals surface area contributed by atoms with Crippen molar-refractivity contribution in [1.82, 2.24) is 53.2 Å². The van der Waals surface area contributed by atoms with Gasteiger partial charge in [-0.05, 0) is 75.3 Å². The van der Waals surface area contributed by atoms with E-state index in [9.17, 15) is 94.1 Å². The SMILES string of the molecule is CC[C@H](C)[C@H](NC(=O)[C@H](C)NC(=O)CNC(=O)[C@H](CCCCN)NC(=O)[C@H](CC(N)=O)NC(=O)[C@H](CO)NC(=O)CN)C(=O)N[C@H](C(=O)NCC(=O)N[C@@H](CC(C)C)C(=O)N[C@@H](CCSC)C(=O)O)[C@@H](C)CC.O=C(O)C(F)(F)F.O=C(O)C(F)(F)F. The summed E-state index contributed by atoms with van der Waals surface area (Å²) in [5.41, 5.74) is 16.1. The van der Waals surface area contributed by atoms with Crippen molar-refractivity contribution in [3.8, 4) is 0 Å². The van der Waals surface area contributed by atoms with Gasteiger partial charge in [0.2, 0.25) is 65.0 Å². The first-order valence-electron chi connectivity index (χ1n) is 26.8. The van der Waals surface area contributed by atoms with Gasteiger partial charge in [0.1, 0.15) is 48.3 Å². The van der Waals surface area contributed by atoms with Crippen LogP contribution >= 0.6 is 11.8 Å². The summed E-state index contributed by atoms with van der Waals surface area (Å²) < 4.78 is 63.5. The maximum Gasteiger partial charge on any atom is 0.490 e. The van der Waals surface area contributed by atoms with Gasteiger partial charge in [0.15, 0.2) is 0 Å². The van der Waals surface area contributed by atoms with Crippen LogP contribution in [0.15, 0.2) is 0 Å². The number of hydrogen-bond acceptors (Lipinski definition) is 18. The molecule has 0 fully saturated rings. The van der Waals surface area contributed by atoms with E-state index in [4.69, 9.17) is 37.0 Å². The number of nitrogens with two attached hydrogens (primary N) is 3. The lowest BCUT2D eigenvalue weighted by Crippen LogP contribution is -2.60. The largest absolute Gasteiger partial charge is 0.490 e. The maximum absolute atomic E-state index is 13.9. The molecule has 0 rings (SSSR count). The first kappa shape index (κ1) is 83.6. The Labute approximate surface area is 500 Å². The molecule has 0 aliphatic carbocycles. The topological polar surface area (TPSA) is 518 Å². The van der Waals surface area contributed by atoms with Gasteiger partial charge in [-0.25, -0.2) is 14.4 Å². The summed E-state index contributed by atoms with van der Waals surface area (Å²) in [6, 6.07) is -10.5. The van der Waals surface area contributed by atoms with Crippen molar-refractivity contribution in [1.29, 1.82) is 0 Å². The summed E-state index contributed by atoms with van der Waals surface area (Å²) >= 11 is 1.41. The fourth-order valence-corrected chi connectivity index (χ4v) is 7.20. The molecule has 10 atom stereocenters. The minimum Gasteiger partial charge on any atom is -0.480 e. The molecular weight excluding hydrogens is 1200 g/mol. The van der Waals surface area contributed by atoms with E-state index in [1.54, 1.807) is 34.0 Å². The number of carboxylic acids is 3. The number of hydrogen-bond donors (Lipinski definition) is 17. The molecule has 0 aromatic heterocycles. The molecule has 38 heteroatoms. The Morgan fingerprint density at radius 3 is 1.36 bits per heavy atom. The summed E-state index contributed by atoms with van der Waals surface area (Å²) in [5, 5.41) is 57.8. The molecule has 0 heterocycles. The summed E-state index contributed by atoms with van der Waals surface area (Å²) in [5.74, 6) is -16.7. The van der Waals surface area contributed by atoms with Gasteiger partial charge in [0.25, 0.3) is 0 Å². The van der Waals surface area contributed by atoms with Crippen LogP contribution in [0.1, 0.15) is 99.8 Å². The van der Waals surface area contributed by atoms with Crippen LogP contribution in [0.25, 0.3) is 0 Å². The predicted molar refractivity (Wildman–Crippen MR) is 296 cm³/mol. The first-order valence-corrected chi connectivity index (χ1v) is 28.1. The van der Waals surface area contributed by atoms with E-state index in [2.05, 4.69) is 53.2 Å². The first-order chi connectivity index (χ1) is 40.2. The van der Waals surface area contributed by atoms with Gasteiger partial charge in [0, 0.05) is 0 Å². The number of primary amides is 1. The fourth-order valence-electron chi connectivity index (χ4n) is 6.73. The molecule has 0 spiro atoms. The summed E-state index contributed by atoms with van der Waals surface area (Å²) in [7, 11) is 0. The van der Waals surface area contributed by atoms with Crippen molar-refractivity contribution in [3.05, 3.63) is 0 Å². The van der Waals surface area contributed by atoms with Crippen LogP contribution in [-0.2, 0) is 67.1 Å². The molecule has 0 bridgehead atoms.